The molecule has 3 rings (SSSR count). The van der Waals surface area contributed by atoms with Crippen molar-refractivity contribution in [3.8, 4) is 6.07 Å². The molecule has 1 aromatic heterocycles. The van der Waals surface area contributed by atoms with Gasteiger partial charge in [0, 0.05) is 12.1 Å². The Labute approximate surface area is 112 Å². The van der Waals surface area contributed by atoms with Crippen LogP contribution in [-0.2, 0) is 0 Å². The molecule has 0 spiro atoms. The van der Waals surface area contributed by atoms with E-state index in [0.29, 0.717) is 17.6 Å². The second-order valence-electron chi connectivity index (χ2n) is 5.41. The smallest absolute Gasteiger partial charge is 0.106 e. The highest BCUT2D eigenvalue weighted by Crippen LogP contribution is 2.32. The van der Waals surface area contributed by atoms with Crippen molar-refractivity contribution in [2.45, 2.75) is 44.7 Å². The van der Waals surface area contributed by atoms with Gasteiger partial charge < -0.3 is 10.3 Å². The van der Waals surface area contributed by atoms with Crippen molar-refractivity contribution in [1.29, 1.82) is 5.26 Å². The van der Waals surface area contributed by atoms with Crippen LogP contribution in [0.5, 0.6) is 0 Å². The van der Waals surface area contributed by atoms with E-state index in [2.05, 4.69) is 15.6 Å². The second-order valence-corrected chi connectivity index (χ2v) is 5.41. The maximum Gasteiger partial charge on any atom is 0.106 e. The fourth-order valence-corrected chi connectivity index (χ4v) is 3.11. The minimum absolute atomic E-state index is 0.358. The van der Waals surface area contributed by atoms with E-state index in [9.17, 15) is 0 Å². The van der Waals surface area contributed by atoms with Gasteiger partial charge in [-0.25, -0.2) is 4.98 Å². The number of nitriles is 1. The number of aromatic nitrogens is 2. The van der Waals surface area contributed by atoms with Gasteiger partial charge in [-0.3, -0.25) is 0 Å². The molecule has 1 fully saturated rings. The first-order chi connectivity index (χ1) is 9.19. The van der Waals surface area contributed by atoms with Crippen LogP contribution >= 0.6 is 0 Å². The van der Waals surface area contributed by atoms with Crippen molar-refractivity contribution in [1.82, 2.24) is 9.55 Å². The number of nitrogens with two attached hydrogens (primary N) is 1. The SMILES string of the molecule is Cc1nc2cc(C#N)ccc2n1C1CCC(N)CC1. The summed E-state index contributed by atoms with van der Waals surface area (Å²) in [6.45, 7) is 2.04. The Bertz CT molecular complexity index is 642. The summed E-state index contributed by atoms with van der Waals surface area (Å²) in [6.07, 6.45) is 4.40. The summed E-state index contributed by atoms with van der Waals surface area (Å²) >= 11 is 0. The van der Waals surface area contributed by atoms with Crippen molar-refractivity contribution in [3.05, 3.63) is 29.6 Å². The van der Waals surface area contributed by atoms with Gasteiger partial charge in [0.05, 0.1) is 22.7 Å². The molecule has 1 heterocycles. The Kier molecular flexibility index (Phi) is 3.00. The van der Waals surface area contributed by atoms with Crippen molar-refractivity contribution < 1.29 is 0 Å². The molecule has 0 aliphatic heterocycles. The molecule has 4 nitrogen and oxygen atoms in total. The number of hydrogen-bond donors (Lipinski definition) is 1. The molecule has 0 radical (unpaired) electrons. The molecule has 98 valence electrons. The van der Waals surface area contributed by atoms with Crippen LogP contribution in [0.15, 0.2) is 18.2 Å². The molecule has 1 saturated carbocycles. The van der Waals surface area contributed by atoms with Crippen LogP contribution in [0.4, 0.5) is 0 Å². The fraction of sp³-hybridized carbons (Fsp3) is 0.467. The zero-order valence-corrected chi connectivity index (χ0v) is 11.1. The predicted octanol–water partition coefficient (Wildman–Crippen LogP) is 2.66. The molecule has 0 amide bonds. The number of fused-ring (bicyclic) bond motifs is 1. The van der Waals surface area contributed by atoms with E-state index in [1.54, 1.807) is 0 Å². The molecule has 2 aromatic rings. The van der Waals surface area contributed by atoms with Gasteiger partial charge in [0.2, 0.25) is 0 Å². The molecule has 1 aliphatic carbocycles. The van der Waals surface area contributed by atoms with Gasteiger partial charge in [0.25, 0.3) is 0 Å². The van der Waals surface area contributed by atoms with Gasteiger partial charge >= 0.3 is 0 Å². The topological polar surface area (TPSA) is 67.6 Å². The third kappa shape index (κ3) is 2.11. The van der Waals surface area contributed by atoms with E-state index in [-0.39, 0.29) is 0 Å². The standard InChI is InChI=1S/C15H18N4/c1-10-18-14-8-11(9-16)2-7-15(14)19(10)13-5-3-12(17)4-6-13/h2,7-8,12-13H,3-6,17H2,1H3. The number of aryl methyl sites for hydroxylation is 1. The van der Waals surface area contributed by atoms with Crippen LogP contribution in [0, 0.1) is 18.3 Å². The molecule has 1 aliphatic rings. The Hall–Kier alpha value is -1.86. The Morgan fingerprint density at radius 2 is 2.05 bits per heavy atom. The number of nitrogens with zero attached hydrogens (tertiary/aromatic N) is 3. The molecular formula is C15H18N4. The summed E-state index contributed by atoms with van der Waals surface area (Å²) in [4.78, 5) is 4.60. The van der Waals surface area contributed by atoms with E-state index in [1.807, 2.05) is 25.1 Å². The van der Waals surface area contributed by atoms with Gasteiger partial charge in [-0.05, 0) is 50.8 Å². The van der Waals surface area contributed by atoms with Crippen molar-refractivity contribution in [2.24, 2.45) is 5.73 Å². The third-order valence-electron chi connectivity index (χ3n) is 4.10. The molecule has 2 N–H and O–H groups in total. The van der Waals surface area contributed by atoms with Gasteiger partial charge in [-0.15, -0.1) is 0 Å². The molecular weight excluding hydrogens is 236 g/mol. The number of benzene rings is 1. The highest BCUT2D eigenvalue weighted by molar-refractivity contribution is 5.77. The van der Waals surface area contributed by atoms with Gasteiger partial charge in [-0.2, -0.15) is 5.26 Å². The second kappa shape index (κ2) is 4.67. The van der Waals surface area contributed by atoms with Crippen LogP contribution in [0.3, 0.4) is 0 Å². The number of rotatable bonds is 1. The summed E-state index contributed by atoms with van der Waals surface area (Å²) in [7, 11) is 0. The van der Waals surface area contributed by atoms with Crippen molar-refractivity contribution >= 4 is 11.0 Å². The molecule has 19 heavy (non-hydrogen) atoms. The molecule has 1 aromatic carbocycles. The first-order valence-corrected chi connectivity index (χ1v) is 6.83. The lowest BCUT2D eigenvalue weighted by molar-refractivity contribution is 0.325. The Morgan fingerprint density at radius 3 is 2.74 bits per heavy atom. The normalized spacial score (nSPS) is 23.4. The van der Waals surface area contributed by atoms with E-state index in [1.165, 1.54) is 0 Å². The quantitative estimate of drug-likeness (QED) is 0.850. The Balaban J connectivity index is 2.04. The summed E-state index contributed by atoms with van der Waals surface area (Å²) in [5, 5.41) is 8.95. The Morgan fingerprint density at radius 1 is 1.32 bits per heavy atom. The fourth-order valence-electron chi connectivity index (χ4n) is 3.11. The molecule has 4 heteroatoms. The number of hydrogen-bond acceptors (Lipinski definition) is 3. The molecule has 0 bridgehead atoms. The predicted molar refractivity (Wildman–Crippen MR) is 74.7 cm³/mol. The molecule has 0 saturated heterocycles. The van der Waals surface area contributed by atoms with Crippen LogP contribution in [0.25, 0.3) is 11.0 Å². The first kappa shape index (κ1) is 12.2. The zero-order chi connectivity index (χ0) is 13.4. The van der Waals surface area contributed by atoms with E-state index >= 15 is 0 Å². The van der Waals surface area contributed by atoms with E-state index < -0.39 is 0 Å². The lowest BCUT2D eigenvalue weighted by Gasteiger charge is -2.28. The maximum atomic E-state index is 8.95. The third-order valence-corrected chi connectivity index (χ3v) is 4.10. The van der Waals surface area contributed by atoms with Crippen LogP contribution in [-0.4, -0.2) is 15.6 Å². The highest BCUT2D eigenvalue weighted by Gasteiger charge is 2.22. The summed E-state index contributed by atoms with van der Waals surface area (Å²) in [6, 6.07) is 8.78. The van der Waals surface area contributed by atoms with Crippen LogP contribution in [0.1, 0.15) is 43.1 Å². The van der Waals surface area contributed by atoms with Crippen LogP contribution in [0.2, 0.25) is 0 Å². The summed E-state index contributed by atoms with van der Waals surface area (Å²) < 4.78 is 2.32. The lowest BCUT2D eigenvalue weighted by atomic mass is 9.91. The van der Waals surface area contributed by atoms with Gasteiger partial charge in [0.1, 0.15) is 5.82 Å². The van der Waals surface area contributed by atoms with Crippen LogP contribution < -0.4 is 5.73 Å². The van der Waals surface area contributed by atoms with Gasteiger partial charge in [-0.1, -0.05) is 0 Å². The first-order valence-electron chi connectivity index (χ1n) is 6.83. The summed E-state index contributed by atoms with van der Waals surface area (Å²) in [5.41, 5.74) is 8.71. The number of imidazole rings is 1. The molecule has 0 atom stereocenters. The lowest BCUT2D eigenvalue weighted by Crippen LogP contribution is -2.28. The average Bonchev–Trinajstić information content (AvgIpc) is 2.74. The highest BCUT2D eigenvalue weighted by atomic mass is 15.1. The largest absolute Gasteiger partial charge is 0.328 e. The minimum Gasteiger partial charge on any atom is -0.328 e. The average molecular weight is 254 g/mol. The van der Waals surface area contributed by atoms with Crippen molar-refractivity contribution in [3.63, 3.8) is 0 Å². The zero-order valence-electron chi connectivity index (χ0n) is 11.1. The molecule has 0 unspecified atom stereocenters. The van der Waals surface area contributed by atoms with E-state index in [4.69, 9.17) is 11.0 Å². The van der Waals surface area contributed by atoms with Crippen molar-refractivity contribution in [2.75, 3.05) is 0 Å². The van der Waals surface area contributed by atoms with Gasteiger partial charge in [0.15, 0.2) is 0 Å². The summed E-state index contributed by atoms with van der Waals surface area (Å²) in [5.74, 6) is 1.03. The maximum absolute atomic E-state index is 8.95. The minimum atomic E-state index is 0.358. The monoisotopic (exact) mass is 254 g/mol. The van der Waals surface area contributed by atoms with E-state index in [0.717, 1.165) is 42.5 Å².